The number of halogens is 1. The molecule has 0 bridgehead atoms. The zero-order chi connectivity index (χ0) is 28.6. The normalized spacial score (nSPS) is 15.6. The van der Waals surface area contributed by atoms with E-state index in [1.807, 2.05) is 66.7 Å². The zero-order valence-electron chi connectivity index (χ0n) is 23.0. The van der Waals surface area contributed by atoms with E-state index >= 15 is 0 Å². The van der Waals surface area contributed by atoms with Gasteiger partial charge in [0.15, 0.2) is 5.60 Å². The van der Waals surface area contributed by atoms with Crippen molar-refractivity contribution >= 4 is 33.8 Å². The lowest BCUT2D eigenvalue weighted by atomic mass is 9.88. The molecular formula is C33H31FN4O3. The van der Waals surface area contributed by atoms with Crippen molar-refractivity contribution < 1.29 is 18.7 Å². The number of pyridine rings is 1. The number of nitrogens with one attached hydrogen (secondary N) is 1. The summed E-state index contributed by atoms with van der Waals surface area (Å²) >= 11 is 0. The third-order valence-electron chi connectivity index (χ3n) is 8.29. The van der Waals surface area contributed by atoms with Gasteiger partial charge in [0.05, 0.1) is 11.8 Å². The van der Waals surface area contributed by atoms with Crippen molar-refractivity contribution in [2.24, 2.45) is 0 Å². The number of likely N-dealkylation sites (tertiary alicyclic amines) is 1. The van der Waals surface area contributed by atoms with E-state index in [0.29, 0.717) is 18.8 Å². The Kier molecular flexibility index (Phi) is 7.01. The van der Waals surface area contributed by atoms with Gasteiger partial charge in [-0.25, -0.2) is 8.91 Å². The quantitative estimate of drug-likeness (QED) is 0.275. The van der Waals surface area contributed by atoms with Crippen LogP contribution in [0, 0.1) is 5.82 Å². The summed E-state index contributed by atoms with van der Waals surface area (Å²) in [6.07, 6.45) is 4.66. The number of carbonyl (C=O) groups is 2. The molecule has 6 rings (SSSR count). The predicted molar refractivity (Wildman–Crippen MR) is 156 cm³/mol. The van der Waals surface area contributed by atoms with Crippen LogP contribution < -0.4 is 5.32 Å². The van der Waals surface area contributed by atoms with Crippen LogP contribution in [0.25, 0.3) is 16.3 Å². The van der Waals surface area contributed by atoms with Gasteiger partial charge in [0, 0.05) is 37.6 Å². The van der Waals surface area contributed by atoms with Crippen LogP contribution in [0.1, 0.15) is 47.2 Å². The summed E-state index contributed by atoms with van der Waals surface area (Å²) < 4.78 is 21.6. The lowest BCUT2D eigenvalue weighted by molar-refractivity contribution is -0.136. The second kappa shape index (κ2) is 10.8. The molecule has 1 aliphatic rings. The van der Waals surface area contributed by atoms with Gasteiger partial charge in [0.25, 0.3) is 11.8 Å². The largest absolute Gasteiger partial charge is 0.364 e. The number of benzene rings is 3. The molecule has 5 aromatic rings. The third-order valence-corrected chi connectivity index (χ3v) is 8.29. The van der Waals surface area contributed by atoms with Crippen molar-refractivity contribution in [1.29, 1.82) is 0 Å². The van der Waals surface area contributed by atoms with Gasteiger partial charge in [-0.05, 0) is 66.3 Å². The van der Waals surface area contributed by atoms with E-state index in [1.54, 1.807) is 31.2 Å². The van der Waals surface area contributed by atoms with Crippen LogP contribution >= 0.6 is 0 Å². The van der Waals surface area contributed by atoms with Crippen molar-refractivity contribution in [2.45, 2.75) is 31.3 Å². The molecule has 1 fully saturated rings. The first-order valence-corrected chi connectivity index (χ1v) is 13.7. The Labute approximate surface area is 237 Å². The van der Waals surface area contributed by atoms with E-state index in [4.69, 9.17) is 4.74 Å². The maximum atomic E-state index is 14.4. The minimum atomic E-state index is -1.18. The molecule has 2 aromatic heterocycles. The summed E-state index contributed by atoms with van der Waals surface area (Å²) in [6, 6.07) is 24.6. The average molecular weight is 551 g/mol. The molecule has 1 atom stereocenters. The molecule has 0 saturated carbocycles. The summed E-state index contributed by atoms with van der Waals surface area (Å²) in [4.78, 5) is 28.4. The second-order valence-corrected chi connectivity index (χ2v) is 10.6. The molecule has 8 heteroatoms. The van der Waals surface area contributed by atoms with Crippen LogP contribution in [0.15, 0.2) is 91.3 Å². The molecule has 1 aliphatic heterocycles. The molecule has 0 spiro atoms. The van der Waals surface area contributed by atoms with E-state index in [0.717, 1.165) is 34.7 Å². The summed E-state index contributed by atoms with van der Waals surface area (Å²) in [5.74, 6) is -0.628. The number of hydrogen-bond donors (Lipinski definition) is 1. The van der Waals surface area contributed by atoms with Crippen molar-refractivity contribution in [3.8, 4) is 0 Å². The van der Waals surface area contributed by atoms with Gasteiger partial charge in [-0.3, -0.25) is 9.59 Å². The molecule has 0 aliphatic carbocycles. The molecule has 41 heavy (non-hydrogen) atoms. The summed E-state index contributed by atoms with van der Waals surface area (Å²) in [7, 11) is 1.55. The Bertz CT molecular complexity index is 1740. The summed E-state index contributed by atoms with van der Waals surface area (Å²) in [5, 5.41) is 9.18. The Morgan fingerprint density at radius 1 is 0.976 bits per heavy atom. The van der Waals surface area contributed by atoms with Gasteiger partial charge < -0.3 is 15.0 Å². The van der Waals surface area contributed by atoms with Gasteiger partial charge in [-0.1, -0.05) is 54.6 Å². The first kappa shape index (κ1) is 26.7. The maximum Gasteiger partial charge on any atom is 0.260 e. The van der Waals surface area contributed by atoms with E-state index in [1.165, 1.54) is 16.8 Å². The van der Waals surface area contributed by atoms with Crippen molar-refractivity contribution in [3.05, 3.63) is 114 Å². The zero-order valence-corrected chi connectivity index (χ0v) is 23.0. The topological polar surface area (TPSA) is 75.9 Å². The molecule has 3 aromatic carbocycles. The molecule has 1 saturated heterocycles. The Balaban J connectivity index is 1.11. The van der Waals surface area contributed by atoms with Crippen LogP contribution in [0.4, 0.5) is 10.1 Å². The van der Waals surface area contributed by atoms with Gasteiger partial charge in [0.2, 0.25) is 0 Å². The second-order valence-electron chi connectivity index (χ2n) is 10.6. The van der Waals surface area contributed by atoms with Crippen LogP contribution in [0.5, 0.6) is 0 Å². The number of piperidine rings is 1. The molecule has 0 unspecified atom stereocenters. The Morgan fingerprint density at radius 3 is 2.46 bits per heavy atom. The van der Waals surface area contributed by atoms with Gasteiger partial charge in [-0.15, -0.1) is 0 Å². The minimum Gasteiger partial charge on any atom is -0.364 e. The van der Waals surface area contributed by atoms with E-state index < -0.39 is 11.4 Å². The van der Waals surface area contributed by atoms with Crippen molar-refractivity contribution in [2.75, 3.05) is 25.5 Å². The molecule has 2 amide bonds. The molecule has 1 N–H and O–H groups in total. The van der Waals surface area contributed by atoms with Gasteiger partial charge in [0.1, 0.15) is 11.3 Å². The lowest BCUT2D eigenvalue weighted by Gasteiger charge is -2.32. The number of ether oxygens (including phenoxy) is 1. The Morgan fingerprint density at radius 2 is 1.71 bits per heavy atom. The number of fused-ring (bicyclic) bond motifs is 2. The molecule has 0 radical (unpaired) electrons. The van der Waals surface area contributed by atoms with Gasteiger partial charge >= 0.3 is 0 Å². The van der Waals surface area contributed by atoms with Crippen LogP contribution in [-0.4, -0.2) is 46.5 Å². The SMILES string of the molecule is CO[C@](C)(C(=O)Nc1ccc(C2CCN(C(=O)c3cnn4cccc(F)c34)CC2)cc1)c1cccc2ccccc12. The third kappa shape index (κ3) is 4.85. The van der Waals surface area contributed by atoms with Gasteiger partial charge in [-0.2, -0.15) is 5.10 Å². The standard InChI is InChI=1S/C33H31FN4O3/c1-33(41-2,28-10-5-8-24-7-3-4-9-26(24)28)32(40)36-25-14-12-22(13-15-25)23-16-19-37(20-17-23)31(39)27-21-35-38-18-6-11-29(34)30(27)38/h3-15,18,21,23H,16-17,19-20H2,1-2H3,(H,36,40)/t33-/m0/s1. The highest BCUT2D eigenvalue weighted by molar-refractivity contribution is 6.02. The Hall–Kier alpha value is -4.56. The molecule has 208 valence electrons. The van der Waals surface area contributed by atoms with Crippen molar-refractivity contribution in [1.82, 2.24) is 14.5 Å². The maximum absolute atomic E-state index is 14.4. The van der Waals surface area contributed by atoms with E-state index in [2.05, 4.69) is 10.4 Å². The first-order chi connectivity index (χ1) is 19.9. The summed E-state index contributed by atoms with van der Waals surface area (Å²) in [5.41, 5.74) is 1.96. The molecular weight excluding hydrogens is 519 g/mol. The fraction of sp³-hybridized carbons (Fsp3) is 0.242. The fourth-order valence-corrected chi connectivity index (χ4v) is 5.80. The highest BCUT2D eigenvalue weighted by atomic mass is 19.1. The van der Waals surface area contributed by atoms with Crippen molar-refractivity contribution in [3.63, 3.8) is 0 Å². The van der Waals surface area contributed by atoms with E-state index in [9.17, 15) is 14.0 Å². The molecule has 7 nitrogen and oxygen atoms in total. The lowest BCUT2D eigenvalue weighted by Crippen LogP contribution is -2.39. The predicted octanol–water partition coefficient (Wildman–Crippen LogP) is 6.15. The van der Waals surface area contributed by atoms with Crippen LogP contribution in [0.3, 0.4) is 0 Å². The smallest absolute Gasteiger partial charge is 0.260 e. The highest BCUT2D eigenvalue weighted by Gasteiger charge is 2.37. The monoisotopic (exact) mass is 550 g/mol. The number of hydrogen-bond acceptors (Lipinski definition) is 4. The highest BCUT2D eigenvalue weighted by Crippen LogP contribution is 2.34. The fourth-order valence-electron chi connectivity index (χ4n) is 5.80. The number of methoxy groups -OCH3 is 1. The van der Waals surface area contributed by atoms with Crippen LogP contribution in [-0.2, 0) is 15.1 Å². The van der Waals surface area contributed by atoms with Crippen LogP contribution in [0.2, 0.25) is 0 Å². The first-order valence-electron chi connectivity index (χ1n) is 13.7. The minimum absolute atomic E-state index is 0.200. The summed E-state index contributed by atoms with van der Waals surface area (Å²) in [6.45, 7) is 2.94. The number of carbonyl (C=O) groups excluding carboxylic acids is 2. The number of rotatable bonds is 6. The number of anilines is 1. The number of nitrogens with zero attached hydrogens (tertiary/aromatic N) is 3. The number of amides is 2. The van der Waals surface area contributed by atoms with E-state index in [-0.39, 0.29) is 28.8 Å². The number of aromatic nitrogens is 2. The average Bonchev–Trinajstić information content (AvgIpc) is 3.46. The molecule has 3 heterocycles.